The van der Waals surface area contributed by atoms with Crippen LogP contribution in [0.3, 0.4) is 0 Å². The van der Waals surface area contributed by atoms with Crippen molar-refractivity contribution in [3.63, 3.8) is 0 Å². The number of hydrogen-bond acceptors (Lipinski definition) is 2. The molecule has 0 bridgehead atoms. The molecule has 3 N–H and O–H groups in total. The lowest BCUT2D eigenvalue weighted by atomic mass is 9.73. The Kier molecular flexibility index (Phi) is 0.837. The molecule has 52 valence electrons. The van der Waals surface area contributed by atoms with Crippen molar-refractivity contribution in [3.8, 4) is 0 Å². The lowest BCUT2D eigenvalue weighted by molar-refractivity contribution is -0.0372. The molecule has 2 rings (SSSR count). The fraction of sp³-hybridized carbons (Fsp3) is 1.00. The predicted molar refractivity (Wildman–Crippen MR) is 34.8 cm³/mol. The molecule has 2 nitrogen and oxygen atoms in total. The number of aliphatic hydroxyl groups is 1. The molecule has 0 aromatic carbocycles. The van der Waals surface area contributed by atoms with Crippen LogP contribution in [0.5, 0.6) is 0 Å². The molecule has 0 saturated heterocycles. The van der Waals surface area contributed by atoms with Crippen molar-refractivity contribution < 1.29 is 5.11 Å². The predicted octanol–water partition coefficient (Wildman–Crippen LogP) is -0.0380. The van der Waals surface area contributed by atoms with Gasteiger partial charge in [-0.25, -0.2) is 0 Å². The van der Waals surface area contributed by atoms with Gasteiger partial charge in [-0.3, -0.25) is 0 Å². The third kappa shape index (κ3) is 0.413. The lowest BCUT2D eigenvalue weighted by Crippen LogP contribution is -2.46. The first kappa shape index (κ1) is 5.69. The molecule has 0 amide bonds. The van der Waals surface area contributed by atoms with E-state index in [4.69, 9.17) is 5.73 Å². The summed E-state index contributed by atoms with van der Waals surface area (Å²) >= 11 is 0. The van der Waals surface area contributed by atoms with E-state index < -0.39 is 0 Å². The minimum atomic E-state index is -0.0903. The molecule has 0 aromatic heterocycles. The molecule has 0 aromatic rings. The summed E-state index contributed by atoms with van der Waals surface area (Å²) in [6, 6.07) is 0. The largest absolute Gasteiger partial charge is 0.392 e. The molecule has 0 heterocycles. The van der Waals surface area contributed by atoms with Gasteiger partial charge in [0.25, 0.3) is 0 Å². The van der Waals surface area contributed by atoms with Crippen LogP contribution in [0.25, 0.3) is 0 Å². The zero-order valence-corrected chi connectivity index (χ0v) is 5.67. The van der Waals surface area contributed by atoms with Gasteiger partial charge in [0, 0.05) is 12.0 Å². The highest BCUT2D eigenvalue weighted by Crippen LogP contribution is 2.69. The summed E-state index contributed by atoms with van der Waals surface area (Å²) < 4.78 is 0. The fourth-order valence-electron chi connectivity index (χ4n) is 2.38. The summed E-state index contributed by atoms with van der Waals surface area (Å²) in [4.78, 5) is 0. The van der Waals surface area contributed by atoms with E-state index in [1.54, 1.807) is 0 Å². The maximum absolute atomic E-state index is 9.40. The van der Waals surface area contributed by atoms with Crippen LogP contribution in [-0.2, 0) is 0 Å². The van der Waals surface area contributed by atoms with E-state index in [-0.39, 0.29) is 11.5 Å². The van der Waals surface area contributed by atoms with E-state index in [1.807, 2.05) is 0 Å². The quantitative estimate of drug-likeness (QED) is 0.519. The second-order valence-electron chi connectivity index (χ2n) is 3.55. The number of aliphatic hydroxyl groups excluding tert-OH is 1. The molecular formula is C7H13NO. The highest BCUT2D eigenvalue weighted by molar-refractivity contribution is 5.20. The van der Waals surface area contributed by atoms with E-state index in [0.717, 1.165) is 5.92 Å². The maximum Gasteiger partial charge on any atom is 0.0639 e. The van der Waals surface area contributed by atoms with Gasteiger partial charge in [0.05, 0.1) is 6.10 Å². The molecular weight excluding hydrogens is 114 g/mol. The van der Waals surface area contributed by atoms with Gasteiger partial charge in [0.15, 0.2) is 0 Å². The monoisotopic (exact) mass is 127 g/mol. The van der Waals surface area contributed by atoms with Crippen LogP contribution in [0.4, 0.5) is 0 Å². The van der Waals surface area contributed by atoms with Crippen molar-refractivity contribution in [2.24, 2.45) is 23.0 Å². The summed E-state index contributed by atoms with van der Waals surface area (Å²) in [5.41, 5.74) is 5.70. The Morgan fingerprint density at radius 3 is 2.67 bits per heavy atom. The first-order chi connectivity index (χ1) is 4.22. The highest BCUT2D eigenvalue weighted by atomic mass is 16.3. The summed E-state index contributed by atoms with van der Waals surface area (Å²) in [5.74, 6) is 1.28. The van der Waals surface area contributed by atoms with Crippen LogP contribution >= 0.6 is 0 Å². The molecule has 0 spiro atoms. The number of nitrogens with two attached hydrogens (primary N) is 1. The molecule has 9 heavy (non-hydrogen) atoms. The first-order valence-corrected chi connectivity index (χ1v) is 3.60. The van der Waals surface area contributed by atoms with Gasteiger partial charge in [0.1, 0.15) is 0 Å². The van der Waals surface area contributed by atoms with E-state index in [2.05, 4.69) is 6.92 Å². The maximum atomic E-state index is 9.40. The zero-order valence-electron chi connectivity index (χ0n) is 5.67. The molecule has 4 atom stereocenters. The minimum Gasteiger partial charge on any atom is -0.392 e. The fourth-order valence-corrected chi connectivity index (χ4v) is 2.38. The van der Waals surface area contributed by atoms with Crippen LogP contribution in [-0.4, -0.2) is 17.8 Å². The second kappa shape index (κ2) is 1.32. The average molecular weight is 127 g/mol. The summed E-state index contributed by atoms with van der Waals surface area (Å²) in [5, 5.41) is 9.40. The Bertz CT molecular complexity index is 148. The Hall–Kier alpha value is -0.0800. The summed E-state index contributed by atoms with van der Waals surface area (Å²) in [7, 11) is 0. The van der Waals surface area contributed by atoms with Crippen LogP contribution in [0.1, 0.15) is 13.3 Å². The van der Waals surface area contributed by atoms with Gasteiger partial charge in [-0.15, -0.1) is 0 Å². The molecule has 0 radical (unpaired) electrons. The number of hydrogen-bond donors (Lipinski definition) is 2. The molecule has 2 aliphatic rings. The van der Waals surface area contributed by atoms with E-state index in [0.29, 0.717) is 12.5 Å². The first-order valence-electron chi connectivity index (χ1n) is 3.60. The van der Waals surface area contributed by atoms with Gasteiger partial charge in [0.2, 0.25) is 0 Å². The third-order valence-corrected chi connectivity index (χ3v) is 3.28. The SMILES string of the molecule is CC1C2C[C@@]2(CN)[C@H]1O. The molecule has 2 unspecified atom stereocenters. The molecule has 2 fully saturated rings. The molecule has 2 aliphatic carbocycles. The zero-order chi connectivity index (χ0) is 6.65. The average Bonchev–Trinajstić information content (AvgIpc) is 2.58. The second-order valence-corrected chi connectivity index (χ2v) is 3.55. The number of fused-ring (bicyclic) bond motifs is 1. The van der Waals surface area contributed by atoms with Gasteiger partial charge < -0.3 is 10.8 Å². The normalized spacial score (nSPS) is 62.3. The topological polar surface area (TPSA) is 46.2 Å². The summed E-state index contributed by atoms with van der Waals surface area (Å²) in [6.07, 6.45) is 1.08. The van der Waals surface area contributed by atoms with Crippen molar-refractivity contribution in [2.75, 3.05) is 6.54 Å². The van der Waals surface area contributed by atoms with Crippen LogP contribution < -0.4 is 5.73 Å². The Labute approximate surface area is 55.1 Å². The Morgan fingerprint density at radius 1 is 1.78 bits per heavy atom. The van der Waals surface area contributed by atoms with Crippen molar-refractivity contribution in [3.05, 3.63) is 0 Å². The lowest BCUT2D eigenvalue weighted by Gasteiger charge is -2.37. The van der Waals surface area contributed by atoms with Crippen molar-refractivity contribution in [1.82, 2.24) is 0 Å². The number of rotatable bonds is 1. The summed E-state index contributed by atoms with van der Waals surface area (Å²) in [6.45, 7) is 2.79. The van der Waals surface area contributed by atoms with Crippen LogP contribution in [0.2, 0.25) is 0 Å². The molecule has 2 heteroatoms. The van der Waals surface area contributed by atoms with Crippen molar-refractivity contribution in [2.45, 2.75) is 19.4 Å². The third-order valence-electron chi connectivity index (χ3n) is 3.28. The van der Waals surface area contributed by atoms with Crippen molar-refractivity contribution in [1.29, 1.82) is 0 Å². The molecule has 0 aliphatic heterocycles. The Balaban J connectivity index is 2.10. The van der Waals surface area contributed by atoms with Crippen LogP contribution in [0, 0.1) is 17.3 Å². The van der Waals surface area contributed by atoms with Crippen LogP contribution in [0.15, 0.2) is 0 Å². The smallest absolute Gasteiger partial charge is 0.0639 e. The highest BCUT2D eigenvalue weighted by Gasteiger charge is 2.70. The minimum absolute atomic E-state index is 0.0903. The van der Waals surface area contributed by atoms with Gasteiger partial charge in [-0.05, 0) is 18.3 Å². The van der Waals surface area contributed by atoms with Gasteiger partial charge in [-0.2, -0.15) is 0 Å². The van der Waals surface area contributed by atoms with E-state index >= 15 is 0 Å². The standard InChI is InChI=1S/C7H13NO/c1-4-5-2-7(5,3-8)6(4)9/h4-6,9H,2-3,8H2,1H3/t4?,5?,6-,7-/m0/s1. The van der Waals surface area contributed by atoms with Crippen molar-refractivity contribution >= 4 is 0 Å². The Morgan fingerprint density at radius 2 is 2.44 bits per heavy atom. The van der Waals surface area contributed by atoms with Gasteiger partial charge in [-0.1, -0.05) is 6.92 Å². The van der Waals surface area contributed by atoms with Gasteiger partial charge >= 0.3 is 0 Å². The van der Waals surface area contributed by atoms with E-state index in [1.165, 1.54) is 6.42 Å². The molecule has 2 saturated carbocycles. The van der Waals surface area contributed by atoms with E-state index in [9.17, 15) is 5.11 Å².